The van der Waals surface area contributed by atoms with E-state index in [1.807, 2.05) is 36.4 Å². The molecule has 0 aliphatic carbocycles. The molecule has 1 N–H and O–H groups in total. The Morgan fingerprint density at radius 2 is 1.85 bits per heavy atom. The molecule has 134 valence electrons. The van der Waals surface area contributed by atoms with Crippen molar-refractivity contribution in [3.05, 3.63) is 42.0 Å². The van der Waals surface area contributed by atoms with E-state index in [1.54, 1.807) is 0 Å². The van der Waals surface area contributed by atoms with Gasteiger partial charge in [0.05, 0.1) is 10.2 Å². The van der Waals surface area contributed by atoms with Crippen molar-refractivity contribution in [2.75, 3.05) is 30.1 Å². The predicted octanol–water partition coefficient (Wildman–Crippen LogP) is 4.12. The number of amides is 1. The number of thiazole rings is 1. The van der Waals surface area contributed by atoms with Gasteiger partial charge in [-0.05, 0) is 38.1 Å². The Balaban J connectivity index is 1.52. The van der Waals surface area contributed by atoms with Crippen molar-refractivity contribution in [2.24, 2.45) is 0 Å². The monoisotopic (exact) mass is 369 g/mol. The Morgan fingerprint density at radius 3 is 2.54 bits per heavy atom. The number of rotatable bonds is 5. The molecule has 2 aromatic carbocycles. The second kappa shape index (κ2) is 6.84. The van der Waals surface area contributed by atoms with Crippen molar-refractivity contribution in [1.29, 1.82) is 0 Å². The molecule has 0 radical (unpaired) electrons. The summed E-state index contributed by atoms with van der Waals surface area (Å²) in [5.41, 5.74) is 2.50. The van der Waals surface area contributed by atoms with Crippen molar-refractivity contribution >= 4 is 38.3 Å². The molecule has 1 aliphatic rings. The molecule has 26 heavy (non-hydrogen) atoms. The van der Waals surface area contributed by atoms with Crippen molar-refractivity contribution in [2.45, 2.75) is 13.8 Å². The standard InChI is InChI=1S/C19H19N3O3S/c1-3-22(4-2)13-7-5-12(6-8-13)18(23)21-19-20-14-9-15-16(25-11-24-15)10-17(14)26-19/h5-10H,3-4,11H2,1-2H3,(H,20,21,23). The molecular formula is C19H19N3O3S. The summed E-state index contributed by atoms with van der Waals surface area (Å²) in [6.45, 7) is 6.34. The highest BCUT2D eigenvalue weighted by molar-refractivity contribution is 7.22. The molecule has 6 nitrogen and oxygen atoms in total. The highest BCUT2D eigenvalue weighted by Gasteiger charge is 2.17. The minimum absolute atomic E-state index is 0.171. The van der Waals surface area contributed by atoms with Crippen molar-refractivity contribution in [3.8, 4) is 11.5 Å². The molecule has 1 aliphatic heterocycles. The Morgan fingerprint density at radius 1 is 1.15 bits per heavy atom. The smallest absolute Gasteiger partial charge is 0.257 e. The van der Waals surface area contributed by atoms with Gasteiger partial charge < -0.3 is 14.4 Å². The third kappa shape index (κ3) is 3.06. The Bertz CT molecular complexity index is 908. The van der Waals surface area contributed by atoms with Crippen LogP contribution in [-0.2, 0) is 0 Å². The third-order valence-corrected chi connectivity index (χ3v) is 5.29. The molecule has 3 aromatic rings. The summed E-state index contributed by atoms with van der Waals surface area (Å²) in [4.78, 5) is 19.2. The van der Waals surface area contributed by atoms with Crippen LogP contribution in [0.5, 0.6) is 11.5 Å². The van der Waals surface area contributed by atoms with Crippen LogP contribution in [-0.4, -0.2) is 30.8 Å². The number of nitrogens with one attached hydrogen (secondary N) is 1. The summed E-state index contributed by atoms with van der Waals surface area (Å²) < 4.78 is 11.7. The van der Waals surface area contributed by atoms with E-state index in [1.165, 1.54) is 11.3 Å². The van der Waals surface area contributed by atoms with Gasteiger partial charge in [0.25, 0.3) is 5.91 Å². The first-order valence-corrected chi connectivity index (χ1v) is 9.36. The molecule has 0 atom stereocenters. The number of ether oxygens (including phenoxy) is 2. The minimum Gasteiger partial charge on any atom is -0.454 e. The average molecular weight is 369 g/mol. The zero-order valence-corrected chi connectivity index (χ0v) is 15.4. The van der Waals surface area contributed by atoms with Gasteiger partial charge >= 0.3 is 0 Å². The van der Waals surface area contributed by atoms with E-state index >= 15 is 0 Å². The summed E-state index contributed by atoms with van der Waals surface area (Å²) >= 11 is 1.41. The third-order valence-electron chi connectivity index (χ3n) is 4.36. The second-order valence-corrected chi connectivity index (χ2v) is 6.90. The molecule has 1 aromatic heterocycles. The number of carbonyl (C=O) groups excluding carboxylic acids is 1. The number of hydrogen-bond donors (Lipinski definition) is 1. The van der Waals surface area contributed by atoms with Gasteiger partial charge in [-0.15, -0.1) is 0 Å². The van der Waals surface area contributed by atoms with Crippen LogP contribution in [0.2, 0.25) is 0 Å². The lowest BCUT2D eigenvalue weighted by molar-refractivity contribution is 0.102. The molecule has 7 heteroatoms. The van der Waals surface area contributed by atoms with Gasteiger partial charge in [0.15, 0.2) is 16.6 Å². The summed E-state index contributed by atoms with van der Waals surface area (Å²) in [5.74, 6) is 1.23. The van der Waals surface area contributed by atoms with Crippen LogP contribution < -0.4 is 19.7 Å². The molecule has 0 unspecified atom stereocenters. The highest BCUT2D eigenvalue weighted by Crippen LogP contribution is 2.39. The maximum Gasteiger partial charge on any atom is 0.257 e. The van der Waals surface area contributed by atoms with E-state index in [4.69, 9.17) is 9.47 Å². The molecule has 0 fully saturated rings. The van der Waals surface area contributed by atoms with Crippen LogP contribution in [0.25, 0.3) is 10.2 Å². The number of hydrogen-bond acceptors (Lipinski definition) is 6. The number of nitrogens with zero attached hydrogens (tertiary/aromatic N) is 2. The topological polar surface area (TPSA) is 63.7 Å². The van der Waals surface area contributed by atoms with E-state index in [0.717, 1.165) is 29.0 Å². The van der Waals surface area contributed by atoms with Crippen molar-refractivity contribution < 1.29 is 14.3 Å². The number of aromatic nitrogens is 1. The number of anilines is 2. The molecular weight excluding hydrogens is 350 g/mol. The van der Waals surface area contributed by atoms with E-state index in [0.29, 0.717) is 22.2 Å². The minimum atomic E-state index is -0.171. The normalized spacial score (nSPS) is 12.4. The van der Waals surface area contributed by atoms with Gasteiger partial charge in [0.2, 0.25) is 6.79 Å². The molecule has 4 rings (SSSR count). The molecule has 0 spiro atoms. The van der Waals surface area contributed by atoms with Crippen LogP contribution >= 0.6 is 11.3 Å². The lowest BCUT2D eigenvalue weighted by Crippen LogP contribution is -2.21. The predicted molar refractivity (Wildman–Crippen MR) is 104 cm³/mol. The Kier molecular flexibility index (Phi) is 4.38. The van der Waals surface area contributed by atoms with E-state index in [9.17, 15) is 4.79 Å². The van der Waals surface area contributed by atoms with Crippen LogP contribution in [0.1, 0.15) is 24.2 Å². The van der Waals surface area contributed by atoms with Crippen molar-refractivity contribution in [1.82, 2.24) is 4.98 Å². The quantitative estimate of drug-likeness (QED) is 0.733. The highest BCUT2D eigenvalue weighted by atomic mass is 32.1. The molecule has 0 saturated carbocycles. The first-order chi connectivity index (χ1) is 12.7. The fraction of sp³-hybridized carbons (Fsp3) is 0.263. The Hall–Kier alpha value is -2.80. The van der Waals surface area contributed by atoms with Crippen LogP contribution in [0.3, 0.4) is 0 Å². The van der Waals surface area contributed by atoms with Crippen molar-refractivity contribution in [3.63, 3.8) is 0 Å². The molecule has 1 amide bonds. The SMILES string of the molecule is CCN(CC)c1ccc(C(=O)Nc2nc3cc4c(cc3s2)OCO4)cc1. The molecule has 0 saturated heterocycles. The largest absolute Gasteiger partial charge is 0.454 e. The van der Waals surface area contributed by atoms with Gasteiger partial charge in [-0.3, -0.25) is 10.1 Å². The van der Waals surface area contributed by atoms with E-state index in [2.05, 4.69) is 29.0 Å². The van der Waals surface area contributed by atoms with Crippen LogP contribution in [0, 0.1) is 0 Å². The second-order valence-electron chi connectivity index (χ2n) is 5.87. The van der Waals surface area contributed by atoms with Gasteiger partial charge in [-0.1, -0.05) is 11.3 Å². The van der Waals surface area contributed by atoms with Gasteiger partial charge in [0, 0.05) is 36.5 Å². The zero-order valence-electron chi connectivity index (χ0n) is 14.6. The van der Waals surface area contributed by atoms with E-state index < -0.39 is 0 Å². The van der Waals surface area contributed by atoms with Crippen LogP contribution in [0.15, 0.2) is 36.4 Å². The first kappa shape index (κ1) is 16.7. The summed E-state index contributed by atoms with van der Waals surface area (Å²) in [7, 11) is 0. The van der Waals surface area contributed by atoms with Gasteiger partial charge in [-0.2, -0.15) is 0 Å². The zero-order chi connectivity index (χ0) is 18.1. The number of carbonyl (C=O) groups is 1. The average Bonchev–Trinajstić information content (AvgIpc) is 3.26. The fourth-order valence-electron chi connectivity index (χ4n) is 2.95. The Labute approximate surface area is 155 Å². The van der Waals surface area contributed by atoms with E-state index in [-0.39, 0.29) is 12.7 Å². The molecule has 0 bridgehead atoms. The number of fused-ring (bicyclic) bond motifs is 2. The van der Waals surface area contributed by atoms with Crippen LogP contribution in [0.4, 0.5) is 10.8 Å². The maximum atomic E-state index is 12.5. The summed E-state index contributed by atoms with van der Waals surface area (Å²) in [6.07, 6.45) is 0. The first-order valence-electron chi connectivity index (χ1n) is 8.54. The maximum absolute atomic E-state index is 12.5. The van der Waals surface area contributed by atoms with Gasteiger partial charge in [-0.25, -0.2) is 4.98 Å². The fourth-order valence-corrected chi connectivity index (χ4v) is 3.82. The number of benzene rings is 2. The van der Waals surface area contributed by atoms with Gasteiger partial charge in [0.1, 0.15) is 0 Å². The lowest BCUT2D eigenvalue weighted by atomic mass is 10.2. The lowest BCUT2D eigenvalue weighted by Gasteiger charge is -2.20. The molecule has 2 heterocycles. The summed E-state index contributed by atoms with van der Waals surface area (Å²) in [6, 6.07) is 11.4. The summed E-state index contributed by atoms with van der Waals surface area (Å²) in [5, 5.41) is 3.43.